The number of ether oxygens (including phenoxy) is 1. The minimum absolute atomic E-state index is 0.0357. The first-order chi connectivity index (χ1) is 15.4. The van der Waals surface area contributed by atoms with Gasteiger partial charge < -0.3 is 14.3 Å². The number of aryl methyl sites for hydroxylation is 2. The van der Waals surface area contributed by atoms with Crippen LogP contribution in [0.5, 0.6) is 0 Å². The van der Waals surface area contributed by atoms with E-state index in [1.54, 1.807) is 11.6 Å². The van der Waals surface area contributed by atoms with Crippen molar-refractivity contribution in [1.29, 1.82) is 0 Å². The molecule has 7 heteroatoms. The summed E-state index contributed by atoms with van der Waals surface area (Å²) in [5.41, 5.74) is 5.99. The third-order valence-electron chi connectivity index (χ3n) is 7.14. The molecule has 2 fully saturated rings. The SMILES string of the molecule is Cc1cc(-c2[nH]c3cnc(C4CCN(C5CCOC5)CC4)nc3c2C(C)C)cn(C)c1=O. The largest absolute Gasteiger partial charge is 0.380 e. The molecule has 0 aliphatic carbocycles. The van der Waals surface area contributed by atoms with Gasteiger partial charge in [0.05, 0.1) is 29.5 Å². The Bertz CT molecular complexity index is 1150. The Kier molecular flexibility index (Phi) is 5.63. The lowest BCUT2D eigenvalue weighted by Gasteiger charge is -2.34. The highest BCUT2D eigenvalue weighted by atomic mass is 16.5. The molecule has 0 radical (unpaired) electrons. The average molecular weight is 436 g/mol. The monoisotopic (exact) mass is 435 g/mol. The number of aromatic amines is 1. The van der Waals surface area contributed by atoms with E-state index in [0.717, 1.165) is 79.2 Å². The second kappa shape index (κ2) is 8.45. The van der Waals surface area contributed by atoms with Gasteiger partial charge in [0, 0.05) is 48.5 Å². The Hall–Kier alpha value is -2.51. The summed E-state index contributed by atoms with van der Waals surface area (Å²) in [4.78, 5) is 28.2. The predicted molar refractivity (Wildman–Crippen MR) is 126 cm³/mol. The van der Waals surface area contributed by atoms with Crippen LogP contribution in [0.4, 0.5) is 0 Å². The average Bonchev–Trinajstić information content (AvgIpc) is 3.45. The van der Waals surface area contributed by atoms with Gasteiger partial charge in [0.15, 0.2) is 0 Å². The van der Waals surface area contributed by atoms with E-state index in [0.29, 0.717) is 17.9 Å². The van der Waals surface area contributed by atoms with Crippen LogP contribution >= 0.6 is 0 Å². The van der Waals surface area contributed by atoms with Crippen molar-refractivity contribution in [2.45, 2.75) is 57.9 Å². The fourth-order valence-corrected chi connectivity index (χ4v) is 5.35. The van der Waals surface area contributed by atoms with E-state index >= 15 is 0 Å². The van der Waals surface area contributed by atoms with Gasteiger partial charge in [-0.3, -0.25) is 9.69 Å². The fourth-order valence-electron chi connectivity index (χ4n) is 5.35. The summed E-state index contributed by atoms with van der Waals surface area (Å²) in [6, 6.07) is 2.56. The van der Waals surface area contributed by atoms with E-state index in [2.05, 4.69) is 23.7 Å². The maximum absolute atomic E-state index is 12.2. The number of nitrogens with one attached hydrogen (secondary N) is 1. The molecular weight excluding hydrogens is 402 g/mol. The van der Waals surface area contributed by atoms with Crippen LogP contribution in [0.3, 0.4) is 0 Å². The highest BCUT2D eigenvalue weighted by molar-refractivity contribution is 5.88. The molecule has 32 heavy (non-hydrogen) atoms. The molecule has 2 aliphatic heterocycles. The number of aromatic nitrogens is 4. The molecule has 3 aromatic rings. The maximum atomic E-state index is 12.2. The summed E-state index contributed by atoms with van der Waals surface area (Å²) in [6.45, 7) is 10.2. The Balaban J connectivity index is 1.48. The lowest BCUT2D eigenvalue weighted by atomic mass is 9.94. The normalized spacial score (nSPS) is 20.6. The van der Waals surface area contributed by atoms with Crippen molar-refractivity contribution >= 4 is 11.0 Å². The van der Waals surface area contributed by atoms with E-state index in [4.69, 9.17) is 14.7 Å². The minimum Gasteiger partial charge on any atom is -0.380 e. The lowest BCUT2D eigenvalue weighted by Crippen LogP contribution is -2.41. The van der Waals surface area contributed by atoms with Crippen LogP contribution in [-0.2, 0) is 11.8 Å². The molecule has 2 saturated heterocycles. The number of fused-ring (bicyclic) bond motifs is 1. The first-order valence-electron chi connectivity index (χ1n) is 11.8. The predicted octanol–water partition coefficient (Wildman–Crippen LogP) is 3.72. The van der Waals surface area contributed by atoms with Crippen LogP contribution in [0.2, 0.25) is 0 Å². The molecule has 7 nitrogen and oxygen atoms in total. The lowest BCUT2D eigenvalue weighted by molar-refractivity contribution is 0.121. The first-order valence-corrected chi connectivity index (χ1v) is 11.8. The summed E-state index contributed by atoms with van der Waals surface area (Å²) in [5, 5.41) is 0. The molecular formula is C25H33N5O2. The molecule has 1 N–H and O–H groups in total. The molecule has 0 spiro atoms. The van der Waals surface area contributed by atoms with Gasteiger partial charge in [0.25, 0.3) is 5.56 Å². The molecule has 5 rings (SSSR count). The molecule has 2 aliphatic rings. The van der Waals surface area contributed by atoms with Gasteiger partial charge in [-0.05, 0) is 51.3 Å². The molecule has 1 atom stereocenters. The second-order valence-electron chi connectivity index (χ2n) is 9.71. The summed E-state index contributed by atoms with van der Waals surface area (Å²) < 4.78 is 7.23. The van der Waals surface area contributed by atoms with Crippen molar-refractivity contribution in [3.05, 3.63) is 45.8 Å². The molecule has 1 unspecified atom stereocenters. The summed E-state index contributed by atoms with van der Waals surface area (Å²) in [5.74, 6) is 1.66. The zero-order valence-corrected chi connectivity index (χ0v) is 19.5. The van der Waals surface area contributed by atoms with Crippen LogP contribution < -0.4 is 5.56 Å². The molecule has 3 aromatic heterocycles. The van der Waals surface area contributed by atoms with Gasteiger partial charge >= 0.3 is 0 Å². The van der Waals surface area contributed by atoms with Crippen molar-refractivity contribution in [1.82, 2.24) is 24.4 Å². The van der Waals surface area contributed by atoms with Crippen molar-refractivity contribution in [2.24, 2.45) is 7.05 Å². The van der Waals surface area contributed by atoms with E-state index in [9.17, 15) is 4.79 Å². The number of pyridine rings is 1. The van der Waals surface area contributed by atoms with Crippen LogP contribution in [0.1, 0.15) is 61.9 Å². The van der Waals surface area contributed by atoms with E-state index in [1.807, 2.05) is 25.4 Å². The van der Waals surface area contributed by atoms with E-state index in [1.165, 1.54) is 5.56 Å². The number of piperidine rings is 1. The summed E-state index contributed by atoms with van der Waals surface area (Å²) >= 11 is 0. The molecule has 0 saturated carbocycles. The number of likely N-dealkylation sites (tertiary alicyclic amines) is 1. The van der Waals surface area contributed by atoms with E-state index < -0.39 is 0 Å². The topological polar surface area (TPSA) is 76.0 Å². The Morgan fingerprint density at radius 3 is 2.66 bits per heavy atom. The minimum atomic E-state index is 0.0357. The third kappa shape index (κ3) is 3.77. The van der Waals surface area contributed by atoms with Gasteiger partial charge in [0.2, 0.25) is 0 Å². The van der Waals surface area contributed by atoms with Crippen molar-refractivity contribution in [3.63, 3.8) is 0 Å². The Morgan fingerprint density at radius 2 is 2.00 bits per heavy atom. The summed E-state index contributed by atoms with van der Waals surface area (Å²) in [7, 11) is 1.80. The smallest absolute Gasteiger partial charge is 0.253 e. The maximum Gasteiger partial charge on any atom is 0.253 e. The van der Waals surface area contributed by atoms with Crippen molar-refractivity contribution in [3.8, 4) is 11.3 Å². The van der Waals surface area contributed by atoms with Crippen LogP contribution in [-0.4, -0.2) is 56.8 Å². The van der Waals surface area contributed by atoms with Crippen LogP contribution in [0, 0.1) is 6.92 Å². The molecule has 0 bridgehead atoms. The van der Waals surface area contributed by atoms with Crippen LogP contribution in [0.15, 0.2) is 23.3 Å². The molecule has 5 heterocycles. The quantitative estimate of drug-likeness (QED) is 0.676. The van der Waals surface area contributed by atoms with Gasteiger partial charge in [0.1, 0.15) is 5.82 Å². The number of H-pyrrole nitrogens is 1. The number of rotatable bonds is 4. The highest BCUT2D eigenvalue weighted by Gasteiger charge is 2.30. The third-order valence-corrected chi connectivity index (χ3v) is 7.14. The Labute approximate surface area is 188 Å². The zero-order valence-electron chi connectivity index (χ0n) is 19.5. The number of hydrogen-bond donors (Lipinski definition) is 1. The highest BCUT2D eigenvalue weighted by Crippen LogP contribution is 2.36. The molecule has 0 amide bonds. The van der Waals surface area contributed by atoms with Crippen molar-refractivity contribution in [2.75, 3.05) is 26.3 Å². The van der Waals surface area contributed by atoms with Gasteiger partial charge in [-0.15, -0.1) is 0 Å². The second-order valence-corrected chi connectivity index (χ2v) is 9.71. The number of nitrogens with zero attached hydrogens (tertiary/aromatic N) is 4. The van der Waals surface area contributed by atoms with Crippen LogP contribution in [0.25, 0.3) is 22.3 Å². The van der Waals surface area contributed by atoms with Gasteiger partial charge in [-0.1, -0.05) is 13.8 Å². The Morgan fingerprint density at radius 1 is 1.22 bits per heavy atom. The van der Waals surface area contributed by atoms with Crippen molar-refractivity contribution < 1.29 is 4.74 Å². The fraction of sp³-hybridized carbons (Fsp3) is 0.560. The van der Waals surface area contributed by atoms with Gasteiger partial charge in [-0.25, -0.2) is 9.97 Å². The molecule has 170 valence electrons. The first kappa shape index (κ1) is 21.3. The number of hydrogen-bond acceptors (Lipinski definition) is 5. The molecule has 0 aromatic carbocycles. The summed E-state index contributed by atoms with van der Waals surface area (Å²) in [6.07, 6.45) is 7.19. The van der Waals surface area contributed by atoms with E-state index in [-0.39, 0.29) is 5.56 Å². The van der Waals surface area contributed by atoms with Gasteiger partial charge in [-0.2, -0.15) is 0 Å². The zero-order chi connectivity index (χ0) is 22.4. The standard InChI is InChI=1S/C25H33N5O2/c1-15(2)21-22(18-11-16(3)25(31)29(4)13-18)27-20-12-26-24(28-23(20)21)17-5-8-30(9-6-17)19-7-10-32-14-19/h11-13,15,17,19,27H,5-10,14H2,1-4H3.